The van der Waals surface area contributed by atoms with Gasteiger partial charge in [0.2, 0.25) is 0 Å². The zero-order chi connectivity index (χ0) is 15.6. The Labute approximate surface area is 120 Å². The summed E-state index contributed by atoms with van der Waals surface area (Å²) in [6.45, 7) is 9.72. The van der Waals surface area contributed by atoms with Crippen LogP contribution in [0.1, 0.15) is 57.0 Å². The van der Waals surface area contributed by atoms with Gasteiger partial charge < -0.3 is 10.4 Å². The first-order chi connectivity index (χ1) is 9.01. The predicted octanol–water partition coefficient (Wildman–Crippen LogP) is 2.97. The number of carbonyl (C=O) groups is 2. The van der Waals surface area contributed by atoms with E-state index in [2.05, 4.69) is 26.1 Å². The van der Waals surface area contributed by atoms with Crippen LogP contribution in [0.25, 0.3) is 0 Å². The molecule has 0 aromatic heterocycles. The number of rotatable bonds is 4. The Morgan fingerprint density at radius 2 is 1.55 bits per heavy atom. The van der Waals surface area contributed by atoms with E-state index >= 15 is 0 Å². The first kappa shape index (κ1) is 16.2. The minimum atomic E-state index is -0.932. The predicted molar refractivity (Wildman–Crippen MR) is 78.9 cm³/mol. The largest absolute Gasteiger partial charge is 0.481 e. The molecule has 0 atom stereocenters. The normalized spacial score (nSPS) is 12.1. The standard InChI is InChI=1S/C16H23NO3/c1-15(2,3)12-8-6-11(7-9-12)14(20)17-16(4,5)10-13(18)19/h6-9H,10H2,1-5H3,(H,17,20)(H,18,19). The van der Waals surface area contributed by atoms with Gasteiger partial charge in [0, 0.05) is 11.1 Å². The molecule has 0 heterocycles. The van der Waals surface area contributed by atoms with E-state index in [9.17, 15) is 9.59 Å². The van der Waals surface area contributed by atoms with Crippen LogP contribution in [0.4, 0.5) is 0 Å². The van der Waals surface area contributed by atoms with E-state index in [4.69, 9.17) is 5.11 Å². The van der Waals surface area contributed by atoms with Gasteiger partial charge in [-0.1, -0.05) is 32.9 Å². The van der Waals surface area contributed by atoms with Crippen molar-refractivity contribution in [3.8, 4) is 0 Å². The molecule has 0 saturated heterocycles. The van der Waals surface area contributed by atoms with Gasteiger partial charge in [0.05, 0.1) is 6.42 Å². The molecule has 2 N–H and O–H groups in total. The summed E-state index contributed by atoms with van der Waals surface area (Å²) >= 11 is 0. The molecule has 1 aromatic rings. The van der Waals surface area contributed by atoms with E-state index in [1.165, 1.54) is 0 Å². The van der Waals surface area contributed by atoms with Crippen LogP contribution in [-0.2, 0) is 10.2 Å². The molecule has 0 bridgehead atoms. The summed E-state index contributed by atoms with van der Waals surface area (Å²) < 4.78 is 0. The molecular formula is C16H23NO3. The van der Waals surface area contributed by atoms with Crippen LogP contribution in [0.15, 0.2) is 24.3 Å². The molecular weight excluding hydrogens is 254 g/mol. The average molecular weight is 277 g/mol. The van der Waals surface area contributed by atoms with Gasteiger partial charge in [-0.05, 0) is 37.0 Å². The van der Waals surface area contributed by atoms with Gasteiger partial charge in [-0.25, -0.2) is 0 Å². The van der Waals surface area contributed by atoms with Crippen molar-refractivity contribution < 1.29 is 14.7 Å². The van der Waals surface area contributed by atoms with Crippen molar-refractivity contribution in [2.24, 2.45) is 0 Å². The summed E-state index contributed by atoms with van der Waals surface area (Å²) in [7, 11) is 0. The summed E-state index contributed by atoms with van der Waals surface area (Å²) in [5.74, 6) is -1.19. The smallest absolute Gasteiger partial charge is 0.305 e. The van der Waals surface area contributed by atoms with Crippen molar-refractivity contribution in [2.45, 2.75) is 52.0 Å². The fraction of sp³-hybridized carbons (Fsp3) is 0.500. The second-order valence-corrected chi connectivity index (χ2v) is 6.74. The van der Waals surface area contributed by atoms with Crippen LogP contribution in [0, 0.1) is 0 Å². The number of carboxylic acids is 1. The molecule has 20 heavy (non-hydrogen) atoms. The molecule has 0 spiro atoms. The van der Waals surface area contributed by atoms with E-state index in [-0.39, 0.29) is 17.7 Å². The van der Waals surface area contributed by atoms with E-state index in [0.29, 0.717) is 5.56 Å². The Morgan fingerprint density at radius 1 is 1.05 bits per heavy atom. The summed E-state index contributed by atoms with van der Waals surface area (Å²) in [5, 5.41) is 11.5. The van der Waals surface area contributed by atoms with Gasteiger partial charge in [-0.15, -0.1) is 0 Å². The highest BCUT2D eigenvalue weighted by Gasteiger charge is 2.24. The highest BCUT2D eigenvalue weighted by molar-refractivity contribution is 5.95. The number of amides is 1. The SMILES string of the molecule is CC(C)(CC(=O)O)NC(=O)c1ccc(C(C)(C)C)cc1. The quantitative estimate of drug-likeness (QED) is 0.889. The molecule has 1 rings (SSSR count). The van der Waals surface area contributed by atoms with Gasteiger partial charge in [-0.2, -0.15) is 0 Å². The summed E-state index contributed by atoms with van der Waals surface area (Å²) in [6, 6.07) is 7.40. The van der Waals surface area contributed by atoms with Crippen LogP contribution >= 0.6 is 0 Å². The zero-order valence-electron chi connectivity index (χ0n) is 12.8. The van der Waals surface area contributed by atoms with Gasteiger partial charge in [0.25, 0.3) is 5.91 Å². The third-order valence-electron chi connectivity index (χ3n) is 3.06. The molecule has 4 nitrogen and oxygen atoms in total. The molecule has 1 amide bonds. The second kappa shape index (κ2) is 5.65. The molecule has 4 heteroatoms. The van der Waals surface area contributed by atoms with E-state index in [1.807, 2.05) is 12.1 Å². The summed E-state index contributed by atoms with van der Waals surface area (Å²) in [5.41, 5.74) is 0.957. The molecule has 0 unspecified atom stereocenters. The van der Waals surface area contributed by atoms with Crippen molar-refractivity contribution >= 4 is 11.9 Å². The number of benzene rings is 1. The van der Waals surface area contributed by atoms with E-state index in [0.717, 1.165) is 5.56 Å². The number of hydrogen-bond donors (Lipinski definition) is 2. The number of nitrogens with one attached hydrogen (secondary N) is 1. The second-order valence-electron chi connectivity index (χ2n) is 6.74. The van der Waals surface area contributed by atoms with Gasteiger partial charge >= 0.3 is 5.97 Å². The Hall–Kier alpha value is -1.84. The van der Waals surface area contributed by atoms with Crippen molar-refractivity contribution in [1.82, 2.24) is 5.32 Å². The Morgan fingerprint density at radius 3 is 1.95 bits per heavy atom. The summed E-state index contributed by atoms with van der Waals surface area (Å²) in [4.78, 5) is 22.8. The maximum atomic E-state index is 12.1. The van der Waals surface area contributed by atoms with Crippen LogP contribution in [-0.4, -0.2) is 22.5 Å². The Bertz CT molecular complexity index is 495. The van der Waals surface area contributed by atoms with E-state index < -0.39 is 11.5 Å². The first-order valence-electron chi connectivity index (χ1n) is 6.66. The lowest BCUT2D eigenvalue weighted by Crippen LogP contribution is -2.44. The van der Waals surface area contributed by atoms with E-state index in [1.54, 1.807) is 26.0 Å². The molecule has 0 aliphatic heterocycles. The number of carbonyl (C=O) groups excluding carboxylic acids is 1. The number of aliphatic carboxylic acids is 1. The zero-order valence-corrected chi connectivity index (χ0v) is 12.8. The molecule has 0 fully saturated rings. The molecule has 110 valence electrons. The maximum Gasteiger partial charge on any atom is 0.305 e. The van der Waals surface area contributed by atoms with Gasteiger partial charge in [0.15, 0.2) is 0 Å². The Kier molecular flexibility index (Phi) is 4.58. The molecule has 0 saturated carbocycles. The fourth-order valence-corrected chi connectivity index (χ4v) is 1.92. The van der Waals surface area contributed by atoms with Crippen LogP contribution in [0.3, 0.4) is 0 Å². The van der Waals surface area contributed by atoms with Crippen molar-refractivity contribution in [1.29, 1.82) is 0 Å². The minimum absolute atomic E-state index is 0.0393. The van der Waals surface area contributed by atoms with Gasteiger partial charge in [0.1, 0.15) is 0 Å². The van der Waals surface area contributed by atoms with Crippen molar-refractivity contribution in [2.75, 3.05) is 0 Å². The lowest BCUT2D eigenvalue weighted by Gasteiger charge is -2.24. The lowest BCUT2D eigenvalue weighted by atomic mass is 9.86. The maximum absolute atomic E-state index is 12.1. The number of hydrogen-bond acceptors (Lipinski definition) is 2. The minimum Gasteiger partial charge on any atom is -0.481 e. The molecule has 0 aliphatic carbocycles. The van der Waals surface area contributed by atoms with Gasteiger partial charge in [-0.3, -0.25) is 9.59 Å². The van der Waals surface area contributed by atoms with Crippen molar-refractivity contribution in [3.63, 3.8) is 0 Å². The molecule has 1 aromatic carbocycles. The monoisotopic (exact) mass is 277 g/mol. The average Bonchev–Trinajstić information content (AvgIpc) is 2.25. The molecule has 0 radical (unpaired) electrons. The molecule has 0 aliphatic rings. The van der Waals surface area contributed by atoms with Crippen LogP contribution < -0.4 is 5.32 Å². The third kappa shape index (κ3) is 4.68. The Balaban J connectivity index is 2.81. The lowest BCUT2D eigenvalue weighted by molar-refractivity contribution is -0.138. The summed E-state index contributed by atoms with van der Waals surface area (Å²) in [6.07, 6.45) is -0.112. The fourth-order valence-electron chi connectivity index (χ4n) is 1.92. The van der Waals surface area contributed by atoms with Crippen LogP contribution in [0.5, 0.6) is 0 Å². The topological polar surface area (TPSA) is 66.4 Å². The van der Waals surface area contributed by atoms with Crippen LogP contribution in [0.2, 0.25) is 0 Å². The van der Waals surface area contributed by atoms with Crippen molar-refractivity contribution in [3.05, 3.63) is 35.4 Å². The highest BCUT2D eigenvalue weighted by atomic mass is 16.4. The first-order valence-corrected chi connectivity index (χ1v) is 6.66. The third-order valence-corrected chi connectivity index (χ3v) is 3.06. The number of carboxylic acid groups (broad SMARTS) is 1. The highest BCUT2D eigenvalue weighted by Crippen LogP contribution is 2.22.